The molecule has 1 amide bonds. The zero-order valence-electron chi connectivity index (χ0n) is 13.6. The molecule has 3 rings (SSSR count). The van der Waals surface area contributed by atoms with E-state index in [4.69, 9.17) is 0 Å². The molecular weight excluding hydrogens is 286 g/mol. The van der Waals surface area contributed by atoms with Crippen LogP contribution in [0, 0.1) is 6.92 Å². The Morgan fingerprint density at radius 3 is 2.74 bits per heavy atom. The number of nitrogens with one attached hydrogen (secondary N) is 1. The third-order valence-corrected chi connectivity index (χ3v) is 4.22. The molecular formula is C19H23N3O. The van der Waals surface area contributed by atoms with Gasteiger partial charge in [0.15, 0.2) is 0 Å². The van der Waals surface area contributed by atoms with Gasteiger partial charge in [-0.15, -0.1) is 0 Å². The zero-order valence-corrected chi connectivity index (χ0v) is 13.6. The second kappa shape index (κ2) is 7.38. The minimum absolute atomic E-state index is 0.0335. The molecule has 0 radical (unpaired) electrons. The van der Waals surface area contributed by atoms with Gasteiger partial charge in [0.2, 0.25) is 0 Å². The lowest BCUT2D eigenvalue weighted by Crippen LogP contribution is -2.23. The van der Waals surface area contributed by atoms with Gasteiger partial charge in [0.25, 0.3) is 5.91 Å². The molecule has 4 nitrogen and oxygen atoms in total. The van der Waals surface area contributed by atoms with Crippen LogP contribution in [0.25, 0.3) is 0 Å². The Labute approximate surface area is 137 Å². The van der Waals surface area contributed by atoms with Crippen molar-refractivity contribution in [1.82, 2.24) is 15.2 Å². The predicted octanol–water partition coefficient (Wildman–Crippen LogP) is 2.92. The van der Waals surface area contributed by atoms with Crippen LogP contribution in [-0.4, -0.2) is 28.9 Å². The maximum absolute atomic E-state index is 12.3. The molecule has 1 aliphatic rings. The Bertz CT molecular complexity index is 661. The van der Waals surface area contributed by atoms with E-state index in [0.29, 0.717) is 6.54 Å². The van der Waals surface area contributed by atoms with E-state index in [9.17, 15) is 4.79 Å². The summed E-state index contributed by atoms with van der Waals surface area (Å²) in [6.07, 6.45) is 4.37. The summed E-state index contributed by atoms with van der Waals surface area (Å²) in [7, 11) is 0. The van der Waals surface area contributed by atoms with Crippen molar-refractivity contribution in [3.63, 3.8) is 0 Å². The van der Waals surface area contributed by atoms with Crippen molar-refractivity contribution in [2.75, 3.05) is 13.1 Å². The molecule has 1 aromatic heterocycles. The number of carbonyl (C=O) groups is 1. The van der Waals surface area contributed by atoms with E-state index in [2.05, 4.69) is 21.3 Å². The lowest BCUT2D eigenvalue weighted by atomic mass is 10.1. The first-order valence-corrected chi connectivity index (χ1v) is 8.22. The Morgan fingerprint density at radius 2 is 2.00 bits per heavy atom. The lowest BCUT2D eigenvalue weighted by molar-refractivity contribution is 0.0950. The molecule has 0 saturated carbocycles. The summed E-state index contributed by atoms with van der Waals surface area (Å²) in [6, 6.07) is 11.9. The second-order valence-corrected chi connectivity index (χ2v) is 6.17. The van der Waals surface area contributed by atoms with Crippen LogP contribution in [0.15, 0.2) is 42.6 Å². The molecule has 1 fully saturated rings. The van der Waals surface area contributed by atoms with Gasteiger partial charge < -0.3 is 5.32 Å². The van der Waals surface area contributed by atoms with Crippen molar-refractivity contribution in [2.24, 2.45) is 0 Å². The highest BCUT2D eigenvalue weighted by Crippen LogP contribution is 2.14. The molecule has 0 atom stereocenters. The standard InChI is InChI=1S/C19H23N3O/c1-15-7-8-17(12-20-15)13-21-19(23)18-6-4-5-16(11-18)14-22-9-2-3-10-22/h4-8,11-12H,2-3,9-10,13-14H2,1H3,(H,21,23). The number of nitrogens with zero attached hydrogens (tertiary/aromatic N) is 2. The Kier molecular flexibility index (Phi) is 5.03. The van der Waals surface area contributed by atoms with Gasteiger partial charge in [0.1, 0.15) is 0 Å². The zero-order chi connectivity index (χ0) is 16.1. The van der Waals surface area contributed by atoms with Crippen LogP contribution in [0.2, 0.25) is 0 Å². The molecule has 0 spiro atoms. The van der Waals surface area contributed by atoms with Gasteiger partial charge in [0.05, 0.1) is 0 Å². The fourth-order valence-electron chi connectivity index (χ4n) is 2.90. The van der Waals surface area contributed by atoms with Crippen molar-refractivity contribution >= 4 is 5.91 Å². The minimum atomic E-state index is -0.0335. The number of pyridine rings is 1. The molecule has 1 aromatic carbocycles. The number of aryl methyl sites for hydroxylation is 1. The summed E-state index contributed by atoms with van der Waals surface area (Å²) >= 11 is 0. The minimum Gasteiger partial charge on any atom is -0.348 e. The highest BCUT2D eigenvalue weighted by molar-refractivity contribution is 5.94. The van der Waals surface area contributed by atoms with E-state index >= 15 is 0 Å². The number of benzene rings is 1. The normalized spacial score (nSPS) is 14.8. The number of likely N-dealkylation sites (tertiary alicyclic amines) is 1. The molecule has 2 heterocycles. The molecule has 1 saturated heterocycles. The van der Waals surface area contributed by atoms with Gasteiger partial charge in [-0.2, -0.15) is 0 Å². The van der Waals surface area contributed by atoms with Gasteiger partial charge in [0, 0.05) is 30.5 Å². The van der Waals surface area contributed by atoms with Crippen LogP contribution in [-0.2, 0) is 13.1 Å². The van der Waals surface area contributed by atoms with Gasteiger partial charge in [-0.25, -0.2) is 0 Å². The number of carbonyl (C=O) groups excluding carboxylic acids is 1. The van der Waals surface area contributed by atoms with Crippen LogP contribution in [0.3, 0.4) is 0 Å². The first-order valence-electron chi connectivity index (χ1n) is 8.22. The molecule has 0 bridgehead atoms. The van der Waals surface area contributed by atoms with Crippen molar-refractivity contribution in [2.45, 2.75) is 32.9 Å². The largest absolute Gasteiger partial charge is 0.348 e. The molecule has 1 aliphatic heterocycles. The molecule has 0 aliphatic carbocycles. The van der Waals surface area contributed by atoms with E-state index in [1.54, 1.807) is 6.20 Å². The van der Waals surface area contributed by atoms with E-state index in [1.807, 2.05) is 37.3 Å². The predicted molar refractivity (Wildman–Crippen MR) is 91.1 cm³/mol. The maximum Gasteiger partial charge on any atom is 0.251 e. The van der Waals surface area contributed by atoms with Crippen molar-refractivity contribution in [3.05, 3.63) is 65.0 Å². The molecule has 0 unspecified atom stereocenters. The summed E-state index contributed by atoms with van der Waals surface area (Å²) in [5.41, 5.74) is 3.92. The van der Waals surface area contributed by atoms with Gasteiger partial charge >= 0.3 is 0 Å². The van der Waals surface area contributed by atoms with E-state index in [0.717, 1.165) is 36.5 Å². The van der Waals surface area contributed by atoms with Crippen molar-refractivity contribution < 1.29 is 4.79 Å². The third kappa shape index (κ3) is 4.39. The summed E-state index contributed by atoms with van der Waals surface area (Å²) in [5.74, 6) is -0.0335. The van der Waals surface area contributed by atoms with Crippen LogP contribution in [0.5, 0.6) is 0 Å². The molecule has 23 heavy (non-hydrogen) atoms. The highest BCUT2D eigenvalue weighted by Gasteiger charge is 2.13. The third-order valence-electron chi connectivity index (χ3n) is 4.22. The van der Waals surface area contributed by atoms with Crippen molar-refractivity contribution in [1.29, 1.82) is 0 Å². The van der Waals surface area contributed by atoms with Crippen LogP contribution in [0.4, 0.5) is 0 Å². The Morgan fingerprint density at radius 1 is 1.17 bits per heavy atom. The maximum atomic E-state index is 12.3. The topological polar surface area (TPSA) is 45.2 Å². The first-order chi connectivity index (χ1) is 11.2. The Hall–Kier alpha value is -2.20. The summed E-state index contributed by atoms with van der Waals surface area (Å²) < 4.78 is 0. The van der Waals surface area contributed by atoms with E-state index in [1.165, 1.54) is 18.4 Å². The molecule has 120 valence electrons. The van der Waals surface area contributed by atoms with E-state index < -0.39 is 0 Å². The molecule has 2 aromatic rings. The number of rotatable bonds is 5. The summed E-state index contributed by atoms with van der Waals surface area (Å²) in [6.45, 7) is 5.72. The van der Waals surface area contributed by atoms with Crippen LogP contribution >= 0.6 is 0 Å². The second-order valence-electron chi connectivity index (χ2n) is 6.17. The highest BCUT2D eigenvalue weighted by atomic mass is 16.1. The number of hydrogen-bond acceptors (Lipinski definition) is 3. The average Bonchev–Trinajstić information content (AvgIpc) is 3.07. The average molecular weight is 309 g/mol. The Balaban J connectivity index is 1.59. The van der Waals surface area contributed by atoms with Gasteiger partial charge in [-0.3, -0.25) is 14.7 Å². The van der Waals surface area contributed by atoms with E-state index in [-0.39, 0.29) is 5.91 Å². The fourth-order valence-corrected chi connectivity index (χ4v) is 2.90. The summed E-state index contributed by atoms with van der Waals surface area (Å²) in [4.78, 5) is 19.0. The SMILES string of the molecule is Cc1ccc(CNC(=O)c2cccc(CN3CCCC3)c2)cn1. The quantitative estimate of drug-likeness (QED) is 0.923. The summed E-state index contributed by atoms with van der Waals surface area (Å²) in [5, 5.41) is 2.96. The first kappa shape index (κ1) is 15.7. The van der Waals surface area contributed by atoms with Crippen LogP contribution in [0.1, 0.15) is 40.0 Å². The monoisotopic (exact) mass is 309 g/mol. The smallest absolute Gasteiger partial charge is 0.251 e. The molecule has 4 heteroatoms. The number of hydrogen-bond donors (Lipinski definition) is 1. The fraction of sp³-hybridized carbons (Fsp3) is 0.368. The molecule has 1 N–H and O–H groups in total. The number of aromatic nitrogens is 1. The number of amides is 1. The van der Waals surface area contributed by atoms with Gasteiger partial charge in [-0.05, 0) is 62.2 Å². The van der Waals surface area contributed by atoms with Crippen molar-refractivity contribution in [3.8, 4) is 0 Å². The lowest BCUT2D eigenvalue weighted by Gasteiger charge is -2.15. The van der Waals surface area contributed by atoms with Crippen LogP contribution < -0.4 is 5.32 Å². The van der Waals surface area contributed by atoms with Gasteiger partial charge in [-0.1, -0.05) is 18.2 Å².